The zero-order valence-corrected chi connectivity index (χ0v) is 7.14. The van der Waals surface area contributed by atoms with Crippen LogP contribution in [-0.4, -0.2) is 12.4 Å². The van der Waals surface area contributed by atoms with Crippen molar-refractivity contribution >= 4 is 5.78 Å². The molecule has 1 atom stereocenters. The maximum absolute atomic E-state index is 11.4. The zero-order chi connectivity index (χ0) is 9.10. The zero-order valence-electron chi connectivity index (χ0n) is 7.14. The van der Waals surface area contributed by atoms with Crippen molar-refractivity contribution in [2.75, 3.05) is 6.61 Å². The van der Waals surface area contributed by atoms with Gasteiger partial charge in [-0.15, -0.1) is 0 Å². The summed E-state index contributed by atoms with van der Waals surface area (Å²) < 4.78 is 5.34. The van der Waals surface area contributed by atoms with E-state index in [0.717, 1.165) is 5.56 Å². The Kier molecular flexibility index (Phi) is 2.23. The maximum Gasteiger partial charge on any atom is 0.188 e. The second kappa shape index (κ2) is 3.54. The number of ether oxygens (including phenoxy) is 1. The summed E-state index contributed by atoms with van der Waals surface area (Å²) in [5.41, 5.74) is 0.928. The van der Waals surface area contributed by atoms with Crippen molar-refractivity contribution in [1.82, 2.24) is 0 Å². The summed E-state index contributed by atoms with van der Waals surface area (Å²) in [5.74, 6) is 0.0254. The first-order chi connectivity index (χ1) is 6.38. The first-order valence-electron chi connectivity index (χ1n) is 4.25. The Morgan fingerprint density at radius 2 is 2.00 bits per heavy atom. The second-order valence-electron chi connectivity index (χ2n) is 2.93. The lowest BCUT2D eigenvalue weighted by Crippen LogP contribution is -2.17. The average Bonchev–Trinajstić information content (AvgIpc) is 2.20. The molecule has 13 heavy (non-hydrogen) atoms. The highest BCUT2D eigenvalue weighted by atomic mass is 16.5. The van der Waals surface area contributed by atoms with Gasteiger partial charge in [-0.1, -0.05) is 36.4 Å². The van der Waals surface area contributed by atoms with Gasteiger partial charge in [0, 0.05) is 0 Å². The van der Waals surface area contributed by atoms with Gasteiger partial charge in [0.05, 0.1) is 6.61 Å². The molecule has 0 amide bonds. The molecule has 0 saturated carbocycles. The van der Waals surface area contributed by atoms with E-state index < -0.39 is 6.10 Å². The first-order valence-corrected chi connectivity index (χ1v) is 4.25. The van der Waals surface area contributed by atoms with Crippen molar-refractivity contribution in [3.05, 3.63) is 48.0 Å². The largest absolute Gasteiger partial charge is 0.361 e. The van der Waals surface area contributed by atoms with Gasteiger partial charge in [0.15, 0.2) is 5.78 Å². The molecule has 0 fully saturated rings. The van der Waals surface area contributed by atoms with E-state index in [1.165, 1.54) is 0 Å². The monoisotopic (exact) mass is 174 g/mol. The summed E-state index contributed by atoms with van der Waals surface area (Å²) in [6, 6.07) is 9.55. The van der Waals surface area contributed by atoms with Crippen LogP contribution in [0.3, 0.4) is 0 Å². The number of ketones is 1. The number of carbonyl (C=O) groups excluding carboxylic acids is 1. The second-order valence-corrected chi connectivity index (χ2v) is 2.93. The molecule has 2 nitrogen and oxygen atoms in total. The number of rotatable bonds is 1. The van der Waals surface area contributed by atoms with Crippen molar-refractivity contribution in [1.29, 1.82) is 0 Å². The third-order valence-electron chi connectivity index (χ3n) is 2.00. The molecule has 0 spiro atoms. The van der Waals surface area contributed by atoms with Crippen molar-refractivity contribution in [2.45, 2.75) is 6.10 Å². The number of benzene rings is 1. The van der Waals surface area contributed by atoms with Crippen LogP contribution in [0.25, 0.3) is 0 Å². The molecule has 1 unspecified atom stereocenters. The third-order valence-corrected chi connectivity index (χ3v) is 2.00. The molecule has 1 aromatic carbocycles. The highest BCUT2D eigenvalue weighted by molar-refractivity contribution is 5.94. The van der Waals surface area contributed by atoms with Crippen LogP contribution in [0.5, 0.6) is 0 Å². The molecule has 0 aliphatic carbocycles. The van der Waals surface area contributed by atoms with Crippen molar-refractivity contribution in [3.63, 3.8) is 0 Å². The minimum Gasteiger partial charge on any atom is -0.361 e. The van der Waals surface area contributed by atoms with Gasteiger partial charge in [0.1, 0.15) is 6.10 Å². The Balaban J connectivity index is 2.27. The van der Waals surface area contributed by atoms with E-state index in [-0.39, 0.29) is 5.78 Å². The lowest BCUT2D eigenvalue weighted by molar-refractivity contribution is -0.126. The Bertz CT molecular complexity index is 327. The predicted molar refractivity (Wildman–Crippen MR) is 49.3 cm³/mol. The molecule has 2 rings (SSSR count). The molecule has 0 radical (unpaired) electrons. The quantitative estimate of drug-likeness (QED) is 0.649. The van der Waals surface area contributed by atoms with E-state index in [4.69, 9.17) is 4.74 Å². The average molecular weight is 174 g/mol. The van der Waals surface area contributed by atoms with Gasteiger partial charge in [-0.25, -0.2) is 0 Å². The van der Waals surface area contributed by atoms with Crippen LogP contribution < -0.4 is 0 Å². The Morgan fingerprint density at radius 3 is 2.69 bits per heavy atom. The molecule has 1 aromatic rings. The molecular formula is C11H10O2. The van der Waals surface area contributed by atoms with Crippen molar-refractivity contribution in [2.24, 2.45) is 0 Å². The fourth-order valence-corrected chi connectivity index (χ4v) is 1.37. The van der Waals surface area contributed by atoms with Gasteiger partial charge < -0.3 is 4.74 Å². The van der Waals surface area contributed by atoms with Gasteiger partial charge in [-0.2, -0.15) is 0 Å². The van der Waals surface area contributed by atoms with E-state index in [9.17, 15) is 4.79 Å². The normalized spacial score (nSPS) is 21.8. The highest BCUT2D eigenvalue weighted by Gasteiger charge is 2.20. The third kappa shape index (κ3) is 1.68. The smallest absolute Gasteiger partial charge is 0.188 e. The summed E-state index contributed by atoms with van der Waals surface area (Å²) in [7, 11) is 0. The van der Waals surface area contributed by atoms with Crippen LogP contribution in [0.15, 0.2) is 42.5 Å². The van der Waals surface area contributed by atoms with Crippen LogP contribution in [0.4, 0.5) is 0 Å². The van der Waals surface area contributed by atoms with Crippen molar-refractivity contribution in [3.8, 4) is 0 Å². The van der Waals surface area contributed by atoms with Crippen LogP contribution in [0.2, 0.25) is 0 Å². The van der Waals surface area contributed by atoms with Gasteiger partial charge in [-0.3, -0.25) is 4.79 Å². The Morgan fingerprint density at radius 1 is 1.23 bits per heavy atom. The van der Waals surface area contributed by atoms with Crippen molar-refractivity contribution < 1.29 is 9.53 Å². The minimum atomic E-state index is -0.397. The lowest BCUT2D eigenvalue weighted by atomic mass is 10.0. The van der Waals surface area contributed by atoms with Crippen LogP contribution in [-0.2, 0) is 9.53 Å². The van der Waals surface area contributed by atoms with E-state index in [1.54, 1.807) is 12.2 Å². The standard InChI is InChI=1S/C11H10O2/c12-10-7-4-8-13-11(10)9-5-2-1-3-6-9/h1-7,11H,8H2. The molecule has 0 N–H and O–H groups in total. The topological polar surface area (TPSA) is 26.3 Å². The fourth-order valence-electron chi connectivity index (χ4n) is 1.37. The summed E-state index contributed by atoms with van der Waals surface area (Å²) >= 11 is 0. The Hall–Kier alpha value is -1.41. The SMILES string of the molecule is O=C1C=CCOC1c1ccccc1. The van der Waals surface area contributed by atoms with E-state index in [2.05, 4.69) is 0 Å². The molecule has 0 saturated heterocycles. The molecular weight excluding hydrogens is 164 g/mol. The van der Waals surface area contributed by atoms with Gasteiger partial charge in [0.25, 0.3) is 0 Å². The summed E-state index contributed by atoms with van der Waals surface area (Å²) in [4.78, 5) is 11.4. The van der Waals surface area contributed by atoms with E-state index >= 15 is 0 Å². The summed E-state index contributed by atoms with van der Waals surface area (Å²) in [6.07, 6.45) is 2.93. The molecule has 2 heteroatoms. The van der Waals surface area contributed by atoms with Gasteiger partial charge in [0.2, 0.25) is 0 Å². The molecule has 1 heterocycles. The molecule has 0 bridgehead atoms. The summed E-state index contributed by atoms with van der Waals surface area (Å²) in [5, 5.41) is 0. The fraction of sp³-hybridized carbons (Fsp3) is 0.182. The minimum absolute atomic E-state index is 0.0254. The number of carbonyl (C=O) groups is 1. The molecule has 1 aliphatic heterocycles. The molecule has 66 valence electrons. The first kappa shape index (κ1) is 8.20. The lowest BCUT2D eigenvalue weighted by Gasteiger charge is -2.17. The maximum atomic E-state index is 11.4. The highest BCUT2D eigenvalue weighted by Crippen LogP contribution is 2.20. The van der Waals surface area contributed by atoms with Crippen LogP contribution >= 0.6 is 0 Å². The van der Waals surface area contributed by atoms with Gasteiger partial charge >= 0.3 is 0 Å². The number of hydrogen-bond donors (Lipinski definition) is 0. The Labute approximate surface area is 76.8 Å². The van der Waals surface area contributed by atoms with Crippen LogP contribution in [0.1, 0.15) is 11.7 Å². The van der Waals surface area contributed by atoms with Gasteiger partial charge in [-0.05, 0) is 11.6 Å². The number of hydrogen-bond acceptors (Lipinski definition) is 2. The molecule has 0 aromatic heterocycles. The van der Waals surface area contributed by atoms with E-state index in [0.29, 0.717) is 6.61 Å². The molecule has 1 aliphatic rings. The summed E-state index contributed by atoms with van der Waals surface area (Å²) in [6.45, 7) is 0.519. The van der Waals surface area contributed by atoms with E-state index in [1.807, 2.05) is 30.3 Å². The predicted octanol–water partition coefficient (Wildman–Crippen LogP) is 1.88. The van der Waals surface area contributed by atoms with Crippen LogP contribution in [0, 0.1) is 0 Å².